The van der Waals surface area contributed by atoms with Crippen LogP contribution in [0.3, 0.4) is 0 Å². The van der Waals surface area contributed by atoms with Crippen molar-refractivity contribution in [1.29, 1.82) is 0 Å². The van der Waals surface area contributed by atoms with Crippen LogP contribution in [0.1, 0.15) is 147 Å². The first-order valence-electron chi connectivity index (χ1n) is 24.0. The van der Waals surface area contributed by atoms with Crippen molar-refractivity contribution < 1.29 is 86.4 Å². The van der Waals surface area contributed by atoms with E-state index in [1.54, 1.807) is 13.8 Å². The van der Waals surface area contributed by atoms with Gasteiger partial charge in [0.25, 0.3) is 5.91 Å². The average Bonchev–Trinajstić information content (AvgIpc) is 3.73. The number of alkyl halides is 3. The zero-order valence-electron chi connectivity index (χ0n) is 40.5. The second kappa shape index (κ2) is 19.1. The van der Waals surface area contributed by atoms with Crippen molar-refractivity contribution >= 4 is 40.8 Å². The summed E-state index contributed by atoms with van der Waals surface area (Å²) in [6, 6.07) is 7.04. The Morgan fingerprint density at radius 3 is 2.32 bits per heavy atom. The van der Waals surface area contributed by atoms with E-state index in [1.807, 2.05) is 0 Å². The van der Waals surface area contributed by atoms with Crippen molar-refractivity contribution in [2.75, 3.05) is 19.0 Å². The average molecular weight is 1030 g/mol. The number of aliphatic hydroxyl groups is 3. The van der Waals surface area contributed by atoms with E-state index in [-0.39, 0.29) is 75.9 Å². The van der Waals surface area contributed by atoms with Crippen molar-refractivity contribution in [2.45, 2.75) is 133 Å². The lowest BCUT2D eigenvalue weighted by atomic mass is 9.72. The van der Waals surface area contributed by atoms with Crippen LogP contribution in [-0.4, -0.2) is 126 Å². The number of carbonyl (C=O) groups is 6. The van der Waals surface area contributed by atoms with Gasteiger partial charge in [0, 0.05) is 54.1 Å². The maximum Gasteiger partial charge on any atom is 0.435 e. The number of rotatable bonds is 11. The number of hydrogen-bond donors (Lipinski definition) is 8. The number of alkyl carbamates (subject to hydrolysis) is 1. The molecule has 9 N–H and O–H groups in total. The molecule has 394 valence electrons. The number of phenolic OH excluding ortho intramolecular Hbond substituents is 2. The Hall–Kier alpha value is -6.92. The van der Waals surface area contributed by atoms with E-state index in [4.69, 9.17) is 24.7 Å². The molecule has 2 heterocycles. The molecule has 0 spiro atoms. The number of fused-ring (bicyclic) bond motifs is 4. The summed E-state index contributed by atoms with van der Waals surface area (Å²) in [5.74, 6) is -5.82. The Kier molecular flexibility index (Phi) is 13.4. The van der Waals surface area contributed by atoms with Crippen LogP contribution in [-0.2, 0) is 38.0 Å². The van der Waals surface area contributed by atoms with E-state index in [9.17, 15) is 67.5 Å². The first-order chi connectivity index (χ1) is 34.8. The molecule has 0 unspecified atom stereocenters. The van der Waals surface area contributed by atoms with Gasteiger partial charge in [-0.3, -0.25) is 24.0 Å². The number of aliphatic hydroxyl groups excluding tert-OH is 2. The molecule has 4 aromatic rings. The highest BCUT2D eigenvalue weighted by atomic mass is 19.4. The third kappa shape index (κ3) is 9.24. The molecule has 2 fully saturated rings. The predicted molar refractivity (Wildman–Crippen MR) is 250 cm³/mol. The van der Waals surface area contributed by atoms with Gasteiger partial charge in [0.05, 0.1) is 64.6 Å². The second-order valence-corrected chi connectivity index (χ2v) is 20.4. The summed E-state index contributed by atoms with van der Waals surface area (Å²) in [6.45, 7) is 3.91. The van der Waals surface area contributed by atoms with Crippen LogP contribution in [0, 0.1) is 5.41 Å². The lowest BCUT2D eigenvalue weighted by Gasteiger charge is -2.42. The van der Waals surface area contributed by atoms with E-state index >= 15 is 0 Å². The fourth-order valence-electron chi connectivity index (χ4n) is 11.1. The Morgan fingerprint density at radius 1 is 0.959 bits per heavy atom. The molecule has 1 aromatic heterocycles. The van der Waals surface area contributed by atoms with Gasteiger partial charge in [0.1, 0.15) is 41.7 Å². The van der Waals surface area contributed by atoms with Crippen molar-refractivity contribution in [2.24, 2.45) is 11.1 Å². The van der Waals surface area contributed by atoms with Gasteiger partial charge in [0.2, 0.25) is 5.78 Å². The van der Waals surface area contributed by atoms with Crippen LogP contribution in [0.25, 0.3) is 5.69 Å². The van der Waals surface area contributed by atoms with Gasteiger partial charge in [0.15, 0.2) is 29.3 Å². The quantitative estimate of drug-likeness (QED) is 0.0835. The van der Waals surface area contributed by atoms with Gasteiger partial charge in [-0.05, 0) is 68.7 Å². The topological polar surface area (TPSA) is 308 Å². The number of ketones is 4. The Bertz CT molecular complexity index is 3020. The number of carbonyl (C=O) groups excluding carboxylic acids is 6. The summed E-state index contributed by atoms with van der Waals surface area (Å²) < 4.78 is 67.0. The normalized spacial score (nSPS) is 26.2. The van der Waals surface area contributed by atoms with Crippen LogP contribution in [0.2, 0.25) is 0 Å². The summed E-state index contributed by atoms with van der Waals surface area (Å²) in [4.78, 5) is 80.1. The summed E-state index contributed by atoms with van der Waals surface area (Å²) >= 11 is 0. The van der Waals surface area contributed by atoms with E-state index < -0.39 is 142 Å². The van der Waals surface area contributed by atoms with Gasteiger partial charge in [-0.25, -0.2) is 9.48 Å². The fraction of sp³-hybridized carbons (Fsp3) is 0.471. The van der Waals surface area contributed by atoms with Crippen molar-refractivity contribution in [3.05, 3.63) is 92.3 Å². The molecular weight excluding hydrogens is 980 g/mol. The summed E-state index contributed by atoms with van der Waals surface area (Å²) in [7, 11) is 1.28. The number of amides is 2. The highest BCUT2D eigenvalue weighted by molar-refractivity contribution is 6.31. The molecule has 74 heavy (non-hydrogen) atoms. The zero-order chi connectivity index (χ0) is 53.5. The highest BCUT2D eigenvalue weighted by Crippen LogP contribution is 2.53. The number of hydrogen-bond acceptors (Lipinski definition) is 17. The third-order valence-electron chi connectivity index (χ3n) is 14.7. The van der Waals surface area contributed by atoms with Crippen LogP contribution < -0.4 is 21.1 Å². The number of halogens is 3. The molecule has 1 saturated heterocycles. The van der Waals surface area contributed by atoms with Gasteiger partial charge in [-0.1, -0.05) is 26.0 Å². The molecule has 5 aliphatic rings. The molecular formula is C51H54F3N5O15. The summed E-state index contributed by atoms with van der Waals surface area (Å²) in [6.07, 6.45) is -11.8. The number of benzene rings is 3. The first kappa shape index (κ1) is 52.0. The number of nitrogens with zero attached hydrogens (tertiary/aromatic N) is 2. The van der Waals surface area contributed by atoms with Gasteiger partial charge >= 0.3 is 12.3 Å². The number of nitrogens with two attached hydrogens (primary N) is 1. The van der Waals surface area contributed by atoms with Gasteiger partial charge < -0.3 is 60.8 Å². The number of aromatic nitrogens is 2. The molecule has 4 aliphatic carbocycles. The van der Waals surface area contributed by atoms with Crippen LogP contribution in [0.5, 0.6) is 17.2 Å². The predicted octanol–water partition coefficient (Wildman–Crippen LogP) is 4.65. The minimum Gasteiger partial charge on any atom is -0.507 e. The fourth-order valence-corrected chi connectivity index (χ4v) is 11.1. The first-order valence-corrected chi connectivity index (χ1v) is 24.0. The van der Waals surface area contributed by atoms with Crippen LogP contribution in [0.4, 0.5) is 23.7 Å². The largest absolute Gasteiger partial charge is 0.507 e. The lowest BCUT2D eigenvalue weighted by molar-refractivity contribution is -0.249. The number of phenols is 2. The number of methoxy groups -OCH3 is 1. The number of aromatic hydroxyl groups is 2. The van der Waals surface area contributed by atoms with Gasteiger partial charge in [-0.15, -0.1) is 0 Å². The van der Waals surface area contributed by atoms with E-state index in [0.29, 0.717) is 25.7 Å². The van der Waals surface area contributed by atoms with Crippen molar-refractivity contribution in [3.8, 4) is 22.9 Å². The SMILES string of the molecule is COc1cccc2c1C(=O)c1c(O)c3c(c(O)c1C2=O)C[C@](O)(C(=O)CO)C[C@H]3O[C@@H]1C[C@@H](NC(=O)O[C@H]2CC[C@H](Nc3cc(-n4nc(C(F)(F)F)c5c4CC(C)(C)CC5=O)ccc3C(N)=O)CC2)[C@@H](O)[C@@H](C)O1. The standard InChI is InChI=1S/C51H54F3N5O15/c1-21-41(63)29(15-35(72-21)74-33-19-50(70,34(62)20-60)16-27-37(33)45(67)40-39(43(27)65)42(64)26-6-5-7-32(71-4)36(26)44(40)66)57-48(69)73-24-11-8-22(9-12-24)56-28-14-23(10-13-25(28)47(55)68)59-30-17-49(2,3)18-31(61)38(30)46(58-59)51(52,53)54/h5-7,10,13-14,21-22,24,29,33,35,41,56,60,63,65,67,70H,8-9,11-12,15-20H2,1-4H3,(H2,55,68)(H,57,69)/t21-,22-,24-,29-,33-,35-,41+,50-/m1/s1. The molecule has 0 radical (unpaired) electrons. The molecule has 2 amide bonds. The molecule has 6 atom stereocenters. The Labute approximate surface area is 419 Å². The monoisotopic (exact) mass is 1030 g/mol. The maximum atomic E-state index is 14.2. The maximum absolute atomic E-state index is 14.2. The minimum absolute atomic E-state index is 0.0225. The molecule has 0 bridgehead atoms. The summed E-state index contributed by atoms with van der Waals surface area (Å²) in [5.41, 5.74) is -0.562. The highest BCUT2D eigenvalue weighted by Gasteiger charge is 2.51. The molecule has 23 heteroatoms. The molecule has 3 aromatic carbocycles. The molecule has 1 saturated carbocycles. The smallest absolute Gasteiger partial charge is 0.435 e. The van der Waals surface area contributed by atoms with E-state index in [2.05, 4.69) is 15.7 Å². The van der Waals surface area contributed by atoms with Crippen LogP contribution in [0.15, 0.2) is 36.4 Å². The van der Waals surface area contributed by atoms with Crippen molar-refractivity contribution in [1.82, 2.24) is 15.1 Å². The third-order valence-corrected chi connectivity index (χ3v) is 14.7. The number of anilines is 1. The second-order valence-electron chi connectivity index (χ2n) is 20.4. The van der Waals surface area contributed by atoms with Gasteiger partial charge in [-0.2, -0.15) is 18.3 Å². The molecule has 20 nitrogen and oxygen atoms in total. The molecule has 1 aliphatic heterocycles. The lowest BCUT2D eigenvalue weighted by Crippen LogP contribution is -2.56. The zero-order valence-corrected chi connectivity index (χ0v) is 40.5. The summed E-state index contributed by atoms with van der Waals surface area (Å²) in [5, 5.41) is 66.0. The van der Waals surface area contributed by atoms with E-state index in [0.717, 1.165) is 4.68 Å². The van der Waals surface area contributed by atoms with Crippen molar-refractivity contribution in [3.63, 3.8) is 0 Å². The minimum atomic E-state index is -4.90. The number of nitrogens with one attached hydrogen (secondary N) is 2. The Morgan fingerprint density at radius 2 is 1.66 bits per heavy atom. The Balaban J connectivity index is 0.885. The number of Topliss-reactive ketones (excluding diaryl/α,β-unsaturated/α-hetero) is 2. The molecule has 9 rings (SSSR count). The van der Waals surface area contributed by atoms with Crippen LogP contribution >= 0.6 is 0 Å². The number of ether oxygens (including phenoxy) is 4. The van der Waals surface area contributed by atoms with E-state index in [1.165, 1.54) is 50.4 Å². The number of primary amides is 1.